The zero-order valence-electron chi connectivity index (χ0n) is 9.77. The first-order valence-corrected chi connectivity index (χ1v) is 5.25. The molecule has 0 spiro atoms. The van der Waals surface area contributed by atoms with Gasteiger partial charge < -0.3 is 17.0 Å². The fraction of sp³-hybridized carbons (Fsp3) is 0.0833. The third kappa shape index (κ3) is 3.92. The molecule has 0 unspecified atom stereocenters. The molecule has 0 aliphatic carbocycles. The van der Waals surface area contributed by atoms with E-state index < -0.39 is 4.92 Å². The number of nitro benzene ring substituents is 1. The van der Waals surface area contributed by atoms with Gasteiger partial charge in [0.2, 0.25) is 12.3 Å². The van der Waals surface area contributed by atoms with Crippen molar-refractivity contribution < 1.29 is 31.4 Å². The number of hydrogen-bond donors (Lipinski definition) is 0. The van der Waals surface area contributed by atoms with Gasteiger partial charge in [0.15, 0.2) is 6.20 Å². The Morgan fingerprint density at radius 3 is 2.74 bits per heavy atom. The summed E-state index contributed by atoms with van der Waals surface area (Å²) >= 11 is 0. The van der Waals surface area contributed by atoms with Crippen LogP contribution in [0.2, 0.25) is 0 Å². The van der Waals surface area contributed by atoms with Crippen LogP contribution in [0.1, 0.15) is 10.4 Å². The molecule has 0 atom stereocenters. The number of aromatic nitrogens is 2. The highest BCUT2D eigenvalue weighted by Crippen LogP contribution is 2.13. The molecule has 19 heavy (non-hydrogen) atoms. The molecule has 0 N–H and O–H groups in total. The number of nitro groups is 1. The number of nitrogens with zero attached hydrogens (tertiary/aromatic N) is 3. The highest BCUT2D eigenvalue weighted by molar-refractivity contribution is 5.95. The van der Waals surface area contributed by atoms with E-state index >= 15 is 0 Å². The van der Waals surface area contributed by atoms with E-state index in [2.05, 4.69) is 5.10 Å². The minimum absolute atomic E-state index is 0. The van der Waals surface area contributed by atoms with Crippen molar-refractivity contribution >= 4 is 11.5 Å². The molecule has 1 aromatic heterocycles. The van der Waals surface area contributed by atoms with Crippen molar-refractivity contribution in [1.82, 2.24) is 5.10 Å². The second kappa shape index (κ2) is 6.69. The van der Waals surface area contributed by atoms with E-state index in [4.69, 9.17) is 0 Å². The van der Waals surface area contributed by atoms with Gasteiger partial charge in [0.25, 0.3) is 5.69 Å². The van der Waals surface area contributed by atoms with Crippen LogP contribution in [0, 0.1) is 10.1 Å². The van der Waals surface area contributed by atoms with E-state index in [-0.39, 0.29) is 35.0 Å². The molecule has 7 heteroatoms. The van der Waals surface area contributed by atoms with E-state index in [1.807, 2.05) is 0 Å². The van der Waals surface area contributed by atoms with Crippen LogP contribution in [0.4, 0.5) is 5.69 Å². The van der Waals surface area contributed by atoms with Gasteiger partial charge >= 0.3 is 0 Å². The molecular weight excluding hydrogens is 314 g/mol. The van der Waals surface area contributed by atoms with Crippen LogP contribution in [0.5, 0.6) is 0 Å². The van der Waals surface area contributed by atoms with Gasteiger partial charge in [-0.1, -0.05) is 16.8 Å². The Kier molecular flexibility index (Phi) is 5.25. The van der Waals surface area contributed by atoms with Crippen LogP contribution in [0.3, 0.4) is 0 Å². The van der Waals surface area contributed by atoms with Crippen LogP contribution in [0.15, 0.2) is 48.8 Å². The molecule has 0 amide bonds. The molecule has 0 saturated heterocycles. The number of ketones is 1. The zero-order valence-corrected chi connectivity index (χ0v) is 11.4. The van der Waals surface area contributed by atoms with Crippen molar-refractivity contribution in [1.29, 1.82) is 0 Å². The number of rotatable bonds is 4. The normalized spacial score (nSPS) is 9.47. The molecule has 0 radical (unpaired) electrons. The number of non-ortho nitro benzene ring substituents is 1. The summed E-state index contributed by atoms with van der Waals surface area (Å²) in [5.74, 6) is -0.220. The van der Waals surface area contributed by atoms with Crippen molar-refractivity contribution in [3.8, 4) is 0 Å². The van der Waals surface area contributed by atoms with Crippen LogP contribution >= 0.6 is 0 Å². The fourth-order valence-corrected chi connectivity index (χ4v) is 1.49. The first-order valence-electron chi connectivity index (χ1n) is 5.25. The number of hydrogen-bond acceptors (Lipinski definition) is 4. The maximum atomic E-state index is 11.9. The lowest BCUT2D eigenvalue weighted by molar-refractivity contribution is -0.741. The number of carbonyl (C=O) groups is 1. The van der Waals surface area contributed by atoms with Crippen LogP contribution in [0.25, 0.3) is 0 Å². The second-order valence-corrected chi connectivity index (χ2v) is 3.63. The quantitative estimate of drug-likeness (QED) is 0.287. The van der Waals surface area contributed by atoms with E-state index in [0.717, 1.165) is 0 Å². The summed E-state index contributed by atoms with van der Waals surface area (Å²) in [7, 11) is 0. The standard InChI is InChI=1S/C12H10N3O3.BrH/c16-12(9-14-7-2-1-6-13-14)10-4-3-5-11(8-10)15(17)18;/h1-8H,9H2;1H/q+1;/p-1. The molecule has 1 aromatic carbocycles. The third-order valence-electron chi connectivity index (χ3n) is 2.35. The number of Topliss-reactive ketones (excluding diaryl/α,β-unsaturated/α-hetero) is 1. The predicted molar refractivity (Wildman–Crippen MR) is 61.9 cm³/mol. The van der Waals surface area contributed by atoms with E-state index in [1.165, 1.54) is 22.9 Å². The summed E-state index contributed by atoms with van der Waals surface area (Å²) in [6, 6.07) is 9.17. The number of carbonyl (C=O) groups excluding carboxylic acids is 1. The Morgan fingerprint density at radius 2 is 2.11 bits per heavy atom. The molecule has 1 heterocycles. The summed E-state index contributed by atoms with van der Waals surface area (Å²) in [6.45, 7) is 0.0575. The van der Waals surface area contributed by atoms with Crippen LogP contribution in [-0.4, -0.2) is 15.8 Å². The third-order valence-corrected chi connectivity index (χ3v) is 2.35. The first kappa shape index (κ1) is 14.9. The average molecular weight is 324 g/mol. The Labute approximate surface area is 119 Å². The molecule has 2 rings (SSSR count). The molecule has 0 saturated carbocycles. The van der Waals surface area contributed by atoms with Crippen molar-refractivity contribution in [2.75, 3.05) is 0 Å². The number of benzene rings is 1. The summed E-state index contributed by atoms with van der Waals surface area (Å²) in [5.41, 5.74) is 0.217. The average Bonchev–Trinajstić information content (AvgIpc) is 2.40. The molecule has 0 aliphatic rings. The fourth-order valence-electron chi connectivity index (χ4n) is 1.49. The van der Waals surface area contributed by atoms with Gasteiger partial charge in [0.05, 0.1) is 11.1 Å². The SMILES string of the molecule is O=C(C[n+]1ccccn1)c1cccc([N+](=O)[O-])c1.[Br-]. The maximum Gasteiger partial charge on any atom is 0.270 e. The van der Waals surface area contributed by atoms with Gasteiger partial charge in [0, 0.05) is 23.8 Å². The van der Waals surface area contributed by atoms with Crippen LogP contribution < -0.4 is 21.7 Å². The molecular formula is C12H10BrN3O3. The Hall–Kier alpha value is -2.15. The lowest BCUT2D eigenvalue weighted by atomic mass is 10.1. The van der Waals surface area contributed by atoms with Gasteiger partial charge in [-0.05, 0) is 11.2 Å². The smallest absolute Gasteiger partial charge is 0.270 e. The minimum atomic E-state index is -0.523. The van der Waals surface area contributed by atoms with Crippen molar-refractivity contribution in [2.24, 2.45) is 0 Å². The first-order chi connectivity index (χ1) is 8.66. The monoisotopic (exact) mass is 323 g/mol. The molecule has 0 aliphatic heterocycles. The van der Waals surface area contributed by atoms with Gasteiger partial charge in [-0.25, -0.2) is 0 Å². The highest BCUT2D eigenvalue weighted by atomic mass is 79.9. The van der Waals surface area contributed by atoms with Crippen molar-refractivity contribution in [3.05, 3.63) is 64.5 Å². The van der Waals surface area contributed by atoms with Crippen molar-refractivity contribution in [3.63, 3.8) is 0 Å². The highest BCUT2D eigenvalue weighted by Gasteiger charge is 2.15. The van der Waals surface area contributed by atoms with Gasteiger partial charge in [-0.3, -0.25) is 14.9 Å². The molecule has 2 aromatic rings. The number of halogens is 1. The largest absolute Gasteiger partial charge is 1.00 e. The molecule has 6 nitrogen and oxygen atoms in total. The Bertz CT molecular complexity index is 590. The summed E-state index contributed by atoms with van der Waals surface area (Å²) in [4.78, 5) is 22.0. The van der Waals surface area contributed by atoms with E-state index in [9.17, 15) is 14.9 Å². The summed E-state index contributed by atoms with van der Waals surface area (Å²) in [6.07, 6.45) is 3.23. The van der Waals surface area contributed by atoms with Gasteiger partial charge in [0.1, 0.15) is 0 Å². The minimum Gasteiger partial charge on any atom is -1.00 e. The predicted octanol–water partition coefficient (Wildman–Crippen LogP) is -1.84. The van der Waals surface area contributed by atoms with Gasteiger partial charge in [-0.2, -0.15) is 0 Å². The lowest BCUT2D eigenvalue weighted by Crippen LogP contribution is -3.00. The second-order valence-electron chi connectivity index (χ2n) is 3.63. The lowest BCUT2D eigenvalue weighted by Gasteiger charge is -1.97. The van der Waals surface area contributed by atoms with E-state index in [1.54, 1.807) is 30.6 Å². The van der Waals surface area contributed by atoms with E-state index in [0.29, 0.717) is 5.56 Å². The maximum absolute atomic E-state index is 11.9. The zero-order chi connectivity index (χ0) is 13.0. The summed E-state index contributed by atoms with van der Waals surface area (Å²) < 4.78 is 1.47. The van der Waals surface area contributed by atoms with Crippen molar-refractivity contribution in [2.45, 2.75) is 6.54 Å². The Morgan fingerprint density at radius 1 is 1.32 bits per heavy atom. The Balaban J connectivity index is 0.00000180. The summed E-state index contributed by atoms with van der Waals surface area (Å²) in [5, 5.41) is 14.6. The topological polar surface area (TPSA) is 77.0 Å². The molecule has 0 bridgehead atoms. The van der Waals surface area contributed by atoms with Crippen LogP contribution in [-0.2, 0) is 6.54 Å². The molecule has 0 fully saturated rings. The molecule has 98 valence electrons. The van der Waals surface area contributed by atoms with Gasteiger partial charge in [-0.15, -0.1) is 0 Å².